The molecule has 116 valence electrons. The highest BCUT2D eigenvalue weighted by Crippen LogP contribution is 2.14. The van der Waals surface area contributed by atoms with Gasteiger partial charge in [0.2, 0.25) is 0 Å². The van der Waals surface area contributed by atoms with Crippen LogP contribution in [0.15, 0.2) is 18.2 Å². The molecule has 0 radical (unpaired) electrons. The van der Waals surface area contributed by atoms with Gasteiger partial charge in [-0.3, -0.25) is 4.90 Å². The van der Waals surface area contributed by atoms with E-state index in [0.29, 0.717) is 0 Å². The average molecular weight is 291 g/mol. The van der Waals surface area contributed by atoms with Crippen LogP contribution in [0.25, 0.3) is 0 Å². The highest BCUT2D eigenvalue weighted by molar-refractivity contribution is 5.89. The normalized spacial score (nSPS) is 16.0. The van der Waals surface area contributed by atoms with Crippen molar-refractivity contribution >= 4 is 11.7 Å². The maximum absolute atomic E-state index is 12.3. The van der Waals surface area contributed by atoms with Gasteiger partial charge in [0.25, 0.3) is 0 Å². The van der Waals surface area contributed by atoms with Crippen LogP contribution in [-0.2, 0) is 4.74 Å². The Balaban J connectivity index is 1.84. The Morgan fingerprint density at radius 3 is 2.33 bits per heavy atom. The predicted octanol–water partition coefficient (Wildman–Crippen LogP) is 2.10. The van der Waals surface area contributed by atoms with E-state index in [1.165, 1.54) is 0 Å². The molecule has 1 fully saturated rings. The molecule has 1 heterocycles. The van der Waals surface area contributed by atoms with Gasteiger partial charge in [-0.1, -0.05) is 6.07 Å². The van der Waals surface area contributed by atoms with Crippen LogP contribution in [-0.4, -0.2) is 62.3 Å². The molecule has 0 unspecified atom stereocenters. The van der Waals surface area contributed by atoms with Crippen molar-refractivity contribution < 1.29 is 9.53 Å². The van der Waals surface area contributed by atoms with Crippen LogP contribution in [0, 0.1) is 13.8 Å². The quantitative estimate of drug-likeness (QED) is 0.924. The minimum Gasteiger partial charge on any atom is -0.383 e. The molecule has 1 aliphatic rings. The Kier molecular flexibility index (Phi) is 5.59. The number of anilines is 1. The number of hydrogen-bond donors (Lipinski definition) is 1. The van der Waals surface area contributed by atoms with E-state index in [0.717, 1.165) is 56.1 Å². The van der Waals surface area contributed by atoms with Gasteiger partial charge in [0.1, 0.15) is 0 Å². The fourth-order valence-electron chi connectivity index (χ4n) is 2.64. The van der Waals surface area contributed by atoms with Crippen LogP contribution >= 0.6 is 0 Å². The first-order chi connectivity index (χ1) is 10.1. The number of carbonyl (C=O) groups excluding carboxylic acids is 1. The average Bonchev–Trinajstić information content (AvgIpc) is 2.44. The SMILES string of the molecule is COCCN1CCN(C(=O)Nc2cc(C)cc(C)c2)CC1. The molecule has 1 aromatic carbocycles. The third-order valence-corrected chi connectivity index (χ3v) is 3.74. The molecule has 0 bridgehead atoms. The van der Waals surface area contributed by atoms with Gasteiger partial charge >= 0.3 is 6.03 Å². The van der Waals surface area contributed by atoms with Gasteiger partial charge in [-0.15, -0.1) is 0 Å². The van der Waals surface area contributed by atoms with Crippen molar-refractivity contribution in [1.29, 1.82) is 0 Å². The van der Waals surface area contributed by atoms with E-state index < -0.39 is 0 Å². The molecule has 1 aliphatic heterocycles. The molecule has 1 saturated heterocycles. The number of rotatable bonds is 4. The molecular weight excluding hydrogens is 266 g/mol. The van der Waals surface area contributed by atoms with Gasteiger partial charge in [0, 0.05) is 45.5 Å². The Morgan fingerprint density at radius 1 is 1.14 bits per heavy atom. The summed E-state index contributed by atoms with van der Waals surface area (Å²) < 4.78 is 5.09. The molecule has 0 atom stereocenters. The summed E-state index contributed by atoms with van der Waals surface area (Å²) in [5, 5.41) is 3.00. The van der Waals surface area contributed by atoms with E-state index >= 15 is 0 Å². The topological polar surface area (TPSA) is 44.8 Å². The second-order valence-corrected chi connectivity index (χ2v) is 5.63. The van der Waals surface area contributed by atoms with E-state index in [1.807, 2.05) is 30.9 Å². The zero-order valence-corrected chi connectivity index (χ0v) is 13.2. The number of methoxy groups -OCH3 is 1. The van der Waals surface area contributed by atoms with Crippen molar-refractivity contribution in [2.24, 2.45) is 0 Å². The van der Waals surface area contributed by atoms with E-state index in [4.69, 9.17) is 4.74 Å². The Bertz CT molecular complexity index is 462. The van der Waals surface area contributed by atoms with Crippen LogP contribution in [0.3, 0.4) is 0 Å². The number of nitrogens with zero attached hydrogens (tertiary/aromatic N) is 2. The van der Waals surface area contributed by atoms with Gasteiger partial charge in [-0.2, -0.15) is 0 Å². The third-order valence-electron chi connectivity index (χ3n) is 3.74. The minimum absolute atomic E-state index is 0.00797. The number of hydrogen-bond acceptors (Lipinski definition) is 3. The molecule has 2 rings (SSSR count). The van der Waals surface area contributed by atoms with Crippen molar-refractivity contribution in [3.05, 3.63) is 29.3 Å². The first-order valence-electron chi connectivity index (χ1n) is 7.44. The summed E-state index contributed by atoms with van der Waals surface area (Å²) in [5.41, 5.74) is 3.20. The molecule has 1 aromatic rings. The summed E-state index contributed by atoms with van der Waals surface area (Å²) in [4.78, 5) is 16.5. The summed E-state index contributed by atoms with van der Waals surface area (Å²) in [6.07, 6.45) is 0. The Hall–Kier alpha value is -1.59. The van der Waals surface area contributed by atoms with Gasteiger partial charge in [-0.05, 0) is 37.1 Å². The van der Waals surface area contributed by atoms with Gasteiger partial charge in [0.15, 0.2) is 0 Å². The van der Waals surface area contributed by atoms with Crippen LogP contribution in [0.2, 0.25) is 0 Å². The first kappa shape index (κ1) is 15.8. The predicted molar refractivity (Wildman–Crippen MR) is 84.8 cm³/mol. The number of benzene rings is 1. The van der Waals surface area contributed by atoms with Gasteiger partial charge in [-0.25, -0.2) is 4.79 Å². The lowest BCUT2D eigenvalue weighted by atomic mass is 10.1. The second kappa shape index (κ2) is 7.43. The summed E-state index contributed by atoms with van der Waals surface area (Å²) >= 11 is 0. The highest BCUT2D eigenvalue weighted by atomic mass is 16.5. The first-order valence-corrected chi connectivity index (χ1v) is 7.44. The minimum atomic E-state index is -0.00797. The van der Waals surface area contributed by atoms with Crippen molar-refractivity contribution in [3.63, 3.8) is 0 Å². The van der Waals surface area contributed by atoms with Gasteiger partial charge < -0.3 is 15.0 Å². The number of aryl methyl sites for hydroxylation is 2. The van der Waals surface area contributed by atoms with E-state index in [2.05, 4.69) is 16.3 Å². The smallest absolute Gasteiger partial charge is 0.321 e. The molecule has 2 amide bonds. The second-order valence-electron chi connectivity index (χ2n) is 5.63. The Morgan fingerprint density at radius 2 is 1.76 bits per heavy atom. The van der Waals surface area contributed by atoms with Crippen molar-refractivity contribution in [1.82, 2.24) is 9.80 Å². The zero-order chi connectivity index (χ0) is 15.2. The fourth-order valence-corrected chi connectivity index (χ4v) is 2.64. The molecule has 1 N–H and O–H groups in total. The molecule has 0 spiro atoms. The maximum Gasteiger partial charge on any atom is 0.321 e. The molecule has 21 heavy (non-hydrogen) atoms. The van der Waals surface area contributed by atoms with Crippen molar-refractivity contribution in [3.8, 4) is 0 Å². The standard InChI is InChI=1S/C16H25N3O2/c1-13-10-14(2)12-15(11-13)17-16(20)19-6-4-18(5-7-19)8-9-21-3/h10-12H,4-9H2,1-3H3,(H,17,20). The number of ether oxygens (including phenoxy) is 1. The summed E-state index contributed by atoms with van der Waals surface area (Å²) in [5.74, 6) is 0. The molecule has 0 aliphatic carbocycles. The van der Waals surface area contributed by atoms with Crippen LogP contribution < -0.4 is 5.32 Å². The molecule has 0 saturated carbocycles. The molecule has 5 heteroatoms. The number of urea groups is 1. The monoisotopic (exact) mass is 291 g/mol. The largest absolute Gasteiger partial charge is 0.383 e. The lowest BCUT2D eigenvalue weighted by Gasteiger charge is -2.34. The van der Waals surface area contributed by atoms with E-state index in [1.54, 1.807) is 7.11 Å². The van der Waals surface area contributed by atoms with Gasteiger partial charge in [0.05, 0.1) is 6.61 Å². The molecular formula is C16H25N3O2. The zero-order valence-electron chi connectivity index (χ0n) is 13.2. The highest BCUT2D eigenvalue weighted by Gasteiger charge is 2.20. The number of piperazine rings is 1. The maximum atomic E-state index is 12.3. The van der Waals surface area contributed by atoms with E-state index in [-0.39, 0.29) is 6.03 Å². The van der Waals surface area contributed by atoms with Crippen LogP contribution in [0.1, 0.15) is 11.1 Å². The third kappa shape index (κ3) is 4.72. The number of amides is 2. The van der Waals surface area contributed by atoms with Crippen LogP contribution in [0.4, 0.5) is 10.5 Å². The lowest BCUT2D eigenvalue weighted by molar-refractivity contribution is 0.109. The number of nitrogens with one attached hydrogen (secondary N) is 1. The Labute approximate surface area is 126 Å². The fraction of sp³-hybridized carbons (Fsp3) is 0.562. The molecule has 0 aromatic heterocycles. The van der Waals surface area contributed by atoms with E-state index in [9.17, 15) is 4.79 Å². The van der Waals surface area contributed by atoms with Crippen LogP contribution in [0.5, 0.6) is 0 Å². The van der Waals surface area contributed by atoms with Crippen molar-refractivity contribution in [2.45, 2.75) is 13.8 Å². The lowest BCUT2D eigenvalue weighted by Crippen LogP contribution is -2.50. The molecule has 5 nitrogen and oxygen atoms in total. The summed E-state index contributed by atoms with van der Waals surface area (Å²) in [6, 6.07) is 6.09. The number of carbonyl (C=O) groups is 1. The summed E-state index contributed by atoms with van der Waals surface area (Å²) in [7, 11) is 1.72. The van der Waals surface area contributed by atoms with Crippen molar-refractivity contribution in [2.75, 3.05) is 51.8 Å². The summed E-state index contributed by atoms with van der Waals surface area (Å²) in [6.45, 7) is 9.10.